The van der Waals surface area contributed by atoms with Gasteiger partial charge in [-0.3, -0.25) is 10.1 Å². The maximum Gasteiger partial charge on any atom is 0.261 e. The predicted molar refractivity (Wildman–Crippen MR) is 70.5 cm³/mol. The highest BCUT2D eigenvalue weighted by molar-refractivity contribution is 6.05. The first-order valence-corrected chi connectivity index (χ1v) is 5.51. The van der Waals surface area contributed by atoms with Gasteiger partial charge in [-0.15, -0.1) is 0 Å². The number of carbonyl (C=O) groups is 1. The Morgan fingerprint density at radius 2 is 2.05 bits per heavy atom. The number of aliphatic imine (C=N–C) groups is 1. The summed E-state index contributed by atoms with van der Waals surface area (Å²) in [6.07, 6.45) is 2.74. The van der Waals surface area contributed by atoms with Crippen LogP contribution in [0.5, 0.6) is 5.75 Å². The van der Waals surface area contributed by atoms with Gasteiger partial charge < -0.3 is 14.9 Å². The third kappa shape index (κ3) is 3.35. The number of rotatable bonds is 3. The number of nitrogens with two attached hydrogens (primary N) is 1. The summed E-state index contributed by atoms with van der Waals surface area (Å²) >= 11 is 0. The van der Waals surface area contributed by atoms with Crippen molar-refractivity contribution in [1.82, 2.24) is 5.32 Å². The largest absolute Gasteiger partial charge is 0.497 e. The molecule has 0 saturated heterocycles. The number of methoxy groups -OCH3 is 1. The molecule has 0 fully saturated rings. The van der Waals surface area contributed by atoms with E-state index in [1.165, 1.54) is 18.6 Å². The molecule has 98 valence electrons. The van der Waals surface area contributed by atoms with E-state index in [0.29, 0.717) is 11.3 Å². The van der Waals surface area contributed by atoms with Crippen molar-refractivity contribution in [2.45, 2.75) is 0 Å². The molecule has 0 aliphatic heterocycles. The monoisotopic (exact) mass is 259 g/mol. The standard InChI is InChI=1S/C13H13N3O3/c1-18-11-4-2-10(3-5-11)15-13(14)16-12(17)9-6-7-19-8-9/h2-8H,1H3,(H3,14,15,16,17). The second kappa shape index (κ2) is 5.72. The second-order valence-electron chi connectivity index (χ2n) is 3.66. The first-order valence-electron chi connectivity index (χ1n) is 5.51. The fraction of sp³-hybridized carbons (Fsp3) is 0.0769. The minimum atomic E-state index is -0.372. The molecular weight excluding hydrogens is 246 g/mol. The molecule has 0 bridgehead atoms. The van der Waals surface area contributed by atoms with E-state index in [1.54, 1.807) is 31.4 Å². The van der Waals surface area contributed by atoms with Crippen LogP contribution in [0, 0.1) is 0 Å². The summed E-state index contributed by atoms with van der Waals surface area (Å²) in [5.41, 5.74) is 6.64. The van der Waals surface area contributed by atoms with Crippen LogP contribution in [-0.4, -0.2) is 19.0 Å². The third-order valence-corrected chi connectivity index (χ3v) is 2.35. The van der Waals surface area contributed by atoms with Crippen LogP contribution in [0.25, 0.3) is 0 Å². The van der Waals surface area contributed by atoms with Crippen LogP contribution in [0.1, 0.15) is 10.4 Å². The van der Waals surface area contributed by atoms with Crippen LogP contribution < -0.4 is 15.8 Å². The summed E-state index contributed by atoms with van der Waals surface area (Å²) in [5.74, 6) is 0.361. The van der Waals surface area contributed by atoms with Gasteiger partial charge in [-0.05, 0) is 30.3 Å². The fourth-order valence-corrected chi connectivity index (χ4v) is 1.41. The molecule has 0 unspecified atom stereocenters. The quantitative estimate of drug-likeness (QED) is 0.648. The van der Waals surface area contributed by atoms with Crippen molar-refractivity contribution in [1.29, 1.82) is 0 Å². The van der Waals surface area contributed by atoms with Crippen molar-refractivity contribution in [3.05, 3.63) is 48.4 Å². The predicted octanol–water partition coefficient (Wildman–Crippen LogP) is 1.66. The van der Waals surface area contributed by atoms with E-state index in [2.05, 4.69) is 10.3 Å². The van der Waals surface area contributed by atoms with Crippen LogP contribution in [0.3, 0.4) is 0 Å². The fourth-order valence-electron chi connectivity index (χ4n) is 1.41. The number of benzene rings is 1. The minimum absolute atomic E-state index is 0.0105. The number of guanidine groups is 1. The van der Waals surface area contributed by atoms with E-state index in [0.717, 1.165) is 5.75 Å². The molecule has 2 rings (SSSR count). The lowest BCUT2D eigenvalue weighted by Crippen LogP contribution is -2.36. The van der Waals surface area contributed by atoms with Gasteiger partial charge in [0.05, 0.1) is 24.6 Å². The van der Waals surface area contributed by atoms with Gasteiger partial charge in [0, 0.05) is 0 Å². The highest BCUT2D eigenvalue weighted by atomic mass is 16.5. The van der Waals surface area contributed by atoms with Crippen molar-refractivity contribution >= 4 is 17.6 Å². The number of furan rings is 1. The molecule has 1 amide bonds. The Kier molecular flexibility index (Phi) is 3.82. The van der Waals surface area contributed by atoms with Gasteiger partial charge in [-0.25, -0.2) is 4.99 Å². The number of hydrogen-bond acceptors (Lipinski definition) is 4. The van der Waals surface area contributed by atoms with Crippen LogP contribution in [0.2, 0.25) is 0 Å². The molecule has 1 aromatic carbocycles. The van der Waals surface area contributed by atoms with Crippen molar-refractivity contribution < 1.29 is 13.9 Å². The van der Waals surface area contributed by atoms with Crippen molar-refractivity contribution in [2.75, 3.05) is 7.11 Å². The highest BCUT2D eigenvalue weighted by Gasteiger charge is 2.07. The maximum atomic E-state index is 11.7. The lowest BCUT2D eigenvalue weighted by atomic mass is 10.3. The molecule has 0 saturated carbocycles. The number of nitrogens with one attached hydrogen (secondary N) is 1. The molecule has 0 atom stereocenters. The minimum Gasteiger partial charge on any atom is -0.497 e. The van der Waals surface area contributed by atoms with E-state index in [4.69, 9.17) is 14.9 Å². The number of nitrogens with zero attached hydrogens (tertiary/aromatic N) is 1. The van der Waals surface area contributed by atoms with Crippen LogP contribution >= 0.6 is 0 Å². The van der Waals surface area contributed by atoms with Gasteiger partial charge in [0.1, 0.15) is 12.0 Å². The van der Waals surface area contributed by atoms with E-state index < -0.39 is 0 Å². The summed E-state index contributed by atoms with van der Waals surface area (Å²) in [6.45, 7) is 0. The third-order valence-electron chi connectivity index (χ3n) is 2.35. The first kappa shape index (κ1) is 12.7. The van der Waals surface area contributed by atoms with Crippen LogP contribution in [-0.2, 0) is 0 Å². The molecule has 0 spiro atoms. The molecule has 0 aliphatic carbocycles. The Labute approximate surface area is 109 Å². The molecule has 2 aromatic rings. The zero-order chi connectivity index (χ0) is 13.7. The van der Waals surface area contributed by atoms with E-state index in [9.17, 15) is 4.79 Å². The van der Waals surface area contributed by atoms with E-state index in [1.807, 2.05) is 0 Å². The van der Waals surface area contributed by atoms with Crippen molar-refractivity contribution in [3.63, 3.8) is 0 Å². The first-order chi connectivity index (χ1) is 9.19. The smallest absolute Gasteiger partial charge is 0.261 e. The van der Waals surface area contributed by atoms with E-state index >= 15 is 0 Å². The summed E-state index contributed by atoms with van der Waals surface area (Å²) in [5, 5.41) is 2.46. The van der Waals surface area contributed by atoms with Crippen molar-refractivity contribution in [3.8, 4) is 5.75 Å². The lowest BCUT2D eigenvalue weighted by molar-refractivity contribution is 0.0976. The van der Waals surface area contributed by atoms with Crippen LogP contribution in [0.4, 0.5) is 5.69 Å². The summed E-state index contributed by atoms with van der Waals surface area (Å²) < 4.78 is 9.83. The van der Waals surface area contributed by atoms with Gasteiger partial charge in [0.2, 0.25) is 5.96 Å². The topological polar surface area (TPSA) is 89.9 Å². The SMILES string of the molecule is COc1ccc(N=C(N)NC(=O)c2ccoc2)cc1. The lowest BCUT2D eigenvalue weighted by Gasteiger charge is -2.03. The zero-order valence-corrected chi connectivity index (χ0v) is 10.3. The summed E-state index contributed by atoms with van der Waals surface area (Å²) in [6, 6.07) is 8.51. The molecule has 0 radical (unpaired) electrons. The van der Waals surface area contributed by atoms with E-state index in [-0.39, 0.29) is 11.9 Å². The van der Waals surface area contributed by atoms with Gasteiger partial charge in [0.15, 0.2) is 0 Å². The normalized spacial score (nSPS) is 11.1. The highest BCUT2D eigenvalue weighted by Crippen LogP contribution is 2.17. The molecule has 0 aliphatic rings. The Morgan fingerprint density at radius 1 is 1.32 bits per heavy atom. The van der Waals surface area contributed by atoms with Gasteiger partial charge in [-0.1, -0.05) is 0 Å². The van der Waals surface area contributed by atoms with Gasteiger partial charge in [0.25, 0.3) is 5.91 Å². The maximum absolute atomic E-state index is 11.7. The average Bonchev–Trinajstić information content (AvgIpc) is 2.93. The Hall–Kier alpha value is -2.76. The molecule has 6 nitrogen and oxygen atoms in total. The molecule has 1 heterocycles. The summed E-state index contributed by atoms with van der Waals surface area (Å²) in [7, 11) is 1.58. The second-order valence-corrected chi connectivity index (χ2v) is 3.66. The molecule has 19 heavy (non-hydrogen) atoms. The number of hydrogen-bond donors (Lipinski definition) is 2. The summed E-state index contributed by atoms with van der Waals surface area (Å²) in [4.78, 5) is 15.7. The molecular formula is C13H13N3O3. The molecule has 3 N–H and O–H groups in total. The Bertz CT molecular complexity index is 574. The Morgan fingerprint density at radius 3 is 2.63 bits per heavy atom. The molecule has 1 aromatic heterocycles. The number of amides is 1. The molecule has 6 heteroatoms. The number of ether oxygens (including phenoxy) is 1. The van der Waals surface area contributed by atoms with Gasteiger partial charge >= 0.3 is 0 Å². The van der Waals surface area contributed by atoms with Crippen molar-refractivity contribution in [2.24, 2.45) is 10.7 Å². The number of carbonyl (C=O) groups excluding carboxylic acids is 1. The Balaban J connectivity index is 2.04. The zero-order valence-electron chi connectivity index (χ0n) is 10.3. The van der Waals surface area contributed by atoms with Gasteiger partial charge in [-0.2, -0.15) is 0 Å². The van der Waals surface area contributed by atoms with Crippen LogP contribution in [0.15, 0.2) is 52.3 Å². The average molecular weight is 259 g/mol.